The highest BCUT2D eigenvalue weighted by Gasteiger charge is 2.28. The number of nitrogens with zero attached hydrogens (tertiary/aromatic N) is 6. The fourth-order valence-electron chi connectivity index (χ4n) is 4.59. The topological polar surface area (TPSA) is 49.6 Å². The Morgan fingerprint density at radius 2 is 1.75 bits per heavy atom. The molecule has 2 aromatic heterocycles. The van der Waals surface area contributed by atoms with E-state index in [9.17, 15) is 0 Å². The summed E-state index contributed by atoms with van der Waals surface area (Å²) in [5.41, 5.74) is 6.68. The van der Waals surface area contributed by atoms with Crippen molar-refractivity contribution in [2.45, 2.75) is 46.5 Å². The molecule has 6 nitrogen and oxygen atoms in total. The lowest BCUT2D eigenvalue weighted by Gasteiger charge is -2.38. The molecule has 0 atom stereocenters. The fraction of sp³-hybridized carbons (Fsp3) is 0.500. The van der Waals surface area contributed by atoms with Crippen LogP contribution in [0.4, 0.5) is 11.5 Å². The molecule has 2 aliphatic rings. The number of hydrogen-bond acceptors (Lipinski definition) is 5. The fourth-order valence-corrected chi connectivity index (χ4v) is 4.59. The van der Waals surface area contributed by atoms with Crippen molar-refractivity contribution in [3.63, 3.8) is 0 Å². The average Bonchev–Trinajstić information content (AvgIpc) is 3.34. The smallest absolute Gasteiger partial charge is 0.254 e. The summed E-state index contributed by atoms with van der Waals surface area (Å²) in [5, 5.41) is 4.77. The highest BCUT2D eigenvalue weighted by atomic mass is 15.4. The van der Waals surface area contributed by atoms with Crippen molar-refractivity contribution in [3.05, 3.63) is 46.4 Å². The molecule has 6 heteroatoms. The molecule has 0 radical (unpaired) electrons. The van der Waals surface area contributed by atoms with Crippen molar-refractivity contribution in [1.82, 2.24) is 19.6 Å². The first-order valence-corrected chi connectivity index (χ1v) is 10.5. The van der Waals surface area contributed by atoms with E-state index in [2.05, 4.69) is 53.8 Å². The SMILES string of the molecule is CCc1nc2nc3c(c(N4CCN(c5cc(C)ccc5C)CC4)n2n1)CCC3. The summed E-state index contributed by atoms with van der Waals surface area (Å²) in [5.74, 6) is 2.89. The number of benzene rings is 1. The van der Waals surface area contributed by atoms with E-state index in [0.717, 1.165) is 57.0 Å². The molecule has 0 bridgehead atoms. The second-order valence-corrected chi connectivity index (χ2v) is 8.07. The molecule has 3 aromatic rings. The maximum Gasteiger partial charge on any atom is 0.254 e. The number of anilines is 2. The van der Waals surface area contributed by atoms with Crippen molar-refractivity contribution in [3.8, 4) is 0 Å². The molecule has 0 spiro atoms. The predicted octanol–water partition coefficient (Wildman–Crippen LogP) is 3.12. The van der Waals surface area contributed by atoms with E-state index in [1.54, 1.807) is 0 Å². The summed E-state index contributed by atoms with van der Waals surface area (Å²) >= 11 is 0. The number of aryl methyl sites for hydroxylation is 4. The molecule has 1 aromatic carbocycles. The van der Waals surface area contributed by atoms with Gasteiger partial charge in [0.05, 0.1) is 5.69 Å². The van der Waals surface area contributed by atoms with E-state index < -0.39 is 0 Å². The van der Waals surface area contributed by atoms with Gasteiger partial charge in [0.1, 0.15) is 5.82 Å². The first-order chi connectivity index (χ1) is 13.6. The van der Waals surface area contributed by atoms with Gasteiger partial charge in [0, 0.05) is 43.9 Å². The van der Waals surface area contributed by atoms with Crippen LogP contribution < -0.4 is 9.80 Å². The first kappa shape index (κ1) is 17.5. The van der Waals surface area contributed by atoms with Crippen LogP contribution in [0.5, 0.6) is 0 Å². The van der Waals surface area contributed by atoms with E-state index >= 15 is 0 Å². The van der Waals surface area contributed by atoms with Gasteiger partial charge in [-0.1, -0.05) is 19.1 Å². The second kappa shape index (κ2) is 6.76. The molecule has 1 saturated heterocycles. The Kier molecular flexibility index (Phi) is 4.22. The zero-order valence-corrected chi connectivity index (χ0v) is 17.1. The minimum Gasteiger partial charge on any atom is -0.368 e. The lowest BCUT2D eigenvalue weighted by Crippen LogP contribution is -2.47. The number of aromatic nitrogens is 4. The lowest BCUT2D eigenvalue weighted by atomic mass is 10.1. The summed E-state index contributed by atoms with van der Waals surface area (Å²) in [6.07, 6.45) is 4.20. The number of hydrogen-bond donors (Lipinski definition) is 0. The molecule has 28 heavy (non-hydrogen) atoms. The summed E-state index contributed by atoms with van der Waals surface area (Å²) < 4.78 is 2.01. The van der Waals surface area contributed by atoms with Crippen LogP contribution in [0, 0.1) is 13.8 Å². The minimum atomic E-state index is 0.768. The lowest BCUT2D eigenvalue weighted by molar-refractivity contribution is 0.633. The molecule has 1 aliphatic heterocycles. The van der Waals surface area contributed by atoms with Crippen LogP contribution in [-0.2, 0) is 19.3 Å². The molecule has 0 amide bonds. The molecule has 5 rings (SSSR count). The molecule has 1 fully saturated rings. The van der Waals surface area contributed by atoms with Gasteiger partial charge in [-0.15, -0.1) is 5.10 Å². The van der Waals surface area contributed by atoms with Crippen LogP contribution >= 0.6 is 0 Å². The van der Waals surface area contributed by atoms with Crippen LogP contribution in [-0.4, -0.2) is 45.8 Å². The molecule has 0 unspecified atom stereocenters. The van der Waals surface area contributed by atoms with Gasteiger partial charge < -0.3 is 9.80 Å². The Labute approximate surface area is 166 Å². The summed E-state index contributed by atoms with van der Waals surface area (Å²) in [6.45, 7) is 10.5. The van der Waals surface area contributed by atoms with E-state index in [1.807, 2.05) is 4.52 Å². The third-order valence-corrected chi connectivity index (χ3v) is 6.13. The molecule has 0 saturated carbocycles. The maximum absolute atomic E-state index is 4.82. The van der Waals surface area contributed by atoms with Gasteiger partial charge in [-0.05, 0) is 50.3 Å². The molecular formula is C22H28N6. The van der Waals surface area contributed by atoms with E-state index in [-0.39, 0.29) is 0 Å². The maximum atomic E-state index is 4.82. The summed E-state index contributed by atoms with van der Waals surface area (Å²) in [7, 11) is 0. The van der Waals surface area contributed by atoms with Crippen molar-refractivity contribution in [2.24, 2.45) is 0 Å². The van der Waals surface area contributed by atoms with Crippen molar-refractivity contribution in [2.75, 3.05) is 36.0 Å². The van der Waals surface area contributed by atoms with Crippen LogP contribution in [0.2, 0.25) is 0 Å². The van der Waals surface area contributed by atoms with Gasteiger partial charge in [0.25, 0.3) is 5.78 Å². The monoisotopic (exact) mass is 376 g/mol. The minimum absolute atomic E-state index is 0.768. The third-order valence-electron chi connectivity index (χ3n) is 6.13. The van der Waals surface area contributed by atoms with Crippen molar-refractivity contribution in [1.29, 1.82) is 0 Å². The Morgan fingerprint density at radius 3 is 2.54 bits per heavy atom. The van der Waals surface area contributed by atoms with E-state index in [1.165, 1.54) is 40.3 Å². The Balaban J connectivity index is 1.47. The van der Waals surface area contributed by atoms with Gasteiger partial charge >= 0.3 is 0 Å². The molecule has 0 N–H and O–H groups in total. The van der Waals surface area contributed by atoms with Gasteiger partial charge in [-0.2, -0.15) is 9.50 Å². The van der Waals surface area contributed by atoms with Crippen LogP contribution in [0.3, 0.4) is 0 Å². The van der Waals surface area contributed by atoms with E-state index in [0.29, 0.717) is 0 Å². The van der Waals surface area contributed by atoms with Gasteiger partial charge in [0.2, 0.25) is 0 Å². The Bertz CT molecular complexity index is 1030. The second-order valence-electron chi connectivity index (χ2n) is 8.07. The Hall–Kier alpha value is -2.63. The van der Waals surface area contributed by atoms with Gasteiger partial charge in [-0.3, -0.25) is 0 Å². The highest BCUT2D eigenvalue weighted by Crippen LogP contribution is 2.32. The van der Waals surface area contributed by atoms with Crippen LogP contribution in [0.1, 0.15) is 41.6 Å². The zero-order chi connectivity index (χ0) is 19.3. The largest absolute Gasteiger partial charge is 0.368 e. The van der Waals surface area contributed by atoms with Crippen LogP contribution in [0.25, 0.3) is 5.78 Å². The van der Waals surface area contributed by atoms with Crippen molar-refractivity contribution >= 4 is 17.3 Å². The van der Waals surface area contributed by atoms with Crippen LogP contribution in [0.15, 0.2) is 18.2 Å². The zero-order valence-electron chi connectivity index (χ0n) is 17.1. The quantitative estimate of drug-likeness (QED) is 0.703. The summed E-state index contributed by atoms with van der Waals surface area (Å²) in [6, 6.07) is 6.75. The Morgan fingerprint density at radius 1 is 0.964 bits per heavy atom. The first-order valence-electron chi connectivity index (χ1n) is 10.5. The molecular weight excluding hydrogens is 348 g/mol. The molecule has 146 valence electrons. The number of rotatable bonds is 3. The van der Waals surface area contributed by atoms with Gasteiger partial charge in [-0.25, -0.2) is 4.98 Å². The number of fused-ring (bicyclic) bond motifs is 2. The third kappa shape index (κ3) is 2.82. The standard InChI is InChI=1S/C22H28N6/c1-4-20-24-22-23-18-7-5-6-17(18)21(28(22)25-20)27-12-10-26(11-13-27)19-14-15(2)8-9-16(19)3/h8-9,14H,4-7,10-13H2,1-3H3. The number of piperazine rings is 1. The highest BCUT2D eigenvalue weighted by molar-refractivity contribution is 5.60. The predicted molar refractivity (Wildman–Crippen MR) is 113 cm³/mol. The van der Waals surface area contributed by atoms with Gasteiger partial charge in [0.15, 0.2) is 5.82 Å². The molecule has 1 aliphatic carbocycles. The average molecular weight is 377 g/mol. The normalized spacial score (nSPS) is 16.8. The van der Waals surface area contributed by atoms with Crippen molar-refractivity contribution < 1.29 is 0 Å². The molecule has 3 heterocycles. The van der Waals surface area contributed by atoms with E-state index in [4.69, 9.17) is 10.1 Å². The summed E-state index contributed by atoms with van der Waals surface area (Å²) in [4.78, 5) is 14.5.